The highest BCUT2D eigenvalue weighted by molar-refractivity contribution is 5.81. The first kappa shape index (κ1) is 7.88. The number of hydrogen-bond donors (Lipinski definition) is 0. The number of carbonyl (C=O) groups is 1. The van der Waals surface area contributed by atoms with Crippen LogP contribution in [0, 0.1) is 0 Å². The zero-order valence-corrected chi connectivity index (χ0v) is 4.84. The summed E-state index contributed by atoms with van der Waals surface area (Å²) in [6.07, 6.45) is 0.0350. The van der Waals surface area contributed by atoms with Gasteiger partial charge in [0, 0.05) is 6.08 Å². The lowest BCUT2D eigenvalue weighted by Crippen LogP contribution is -2.07. The van der Waals surface area contributed by atoms with E-state index < -0.39 is 12.3 Å². The maximum Gasteiger partial charge on any atom is 0.332 e. The molecule has 0 heterocycles. The van der Waals surface area contributed by atoms with E-state index in [4.69, 9.17) is 0 Å². The van der Waals surface area contributed by atoms with Gasteiger partial charge in [-0.25, -0.2) is 4.79 Å². The molecule has 0 saturated carbocycles. The summed E-state index contributed by atoms with van der Waals surface area (Å²) >= 11 is 0. The second-order valence-corrected chi connectivity index (χ2v) is 1.23. The summed E-state index contributed by atoms with van der Waals surface area (Å²) in [7, 11) is 0. The Labute approximate surface area is 52.6 Å². The third-order valence-corrected chi connectivity index (χ3v) is 0.581. The molecule has 50 valence electrons. The molecule has 3 heteroatoms. The number of hydrogen-bond acceptors (Lipinski definition) is 2. The van der Waals surface area contributed by atoms with Gasteiger partial charge in [-0.3, -0.25) is 0 Å². The second-order valence-electron chi connectivity index (χ2n) is 1.23. The lowest BCUT2D eigenvalue weighted by Gasteiger charge is -2.00. The number of rotatable bonds is 3. The number of carbonyl (C=O) groups excluding carboxylic acids is 1. The van der Waals surface area contributed by atoms with E-state index in [9.17, 15) is 9.18 Å². The van der Waals surface area contributed by atoms with Gasteiger partial charge in [-0.05, 0) is 6.08 Å². The smallest absolute Gasteiger partial charge is 0.332 e. The minimum atomic E-state index is -1.73. The average Bonchev–Trinajstić information content (AvgIpc) is 1.87. The number of esters is 1. The van der Waals surface area contributed by atoms with E-state index in [1.807, 2.05) is 0 Å². The van der Waals surface area contributed by atoms with Crippen LogP contribution in [0.1, 0.15) is 0 Å². The summed E-state index contributed by atoms with van der Waals surface area (Å²) in [6.45, 7) is 6.13. The summed E-state index contributed by atoms with van der Waals surface area (Å²) in [5, 5.41) is 0. The number of alkyl halides is 1. The first-order chi connectivity index (χ1) is 4.20. The fourth-order valence-corrected chi connectivity index (χ4v) is 0.207. The molecular formula is C6H7FO2. The molecule has 0 spiro atoms. The molecule has 0 radical (unpaired) electrons. The van der Waals surface area contributed by atoms with Gasteiger partial charge in [0.15, 0.2) is 0 Å². The normalized spacial score (nSPS) is 11.7. The van der Waals surface area contributed by atoms with E-state index in [0.29, 0.717) is 0 Å². The van der Waals surface area contributed by atoms with Crippen LogP contribution in [0.15, 0.2) is 25.3 Å². The highest BCUT2D eigenvalue weighted by Crippen LogP contribution is 1.94. The zero-order valence-electron chi connectivity index (χ0n) is 4.84. The predicted octanol–water partition coefficient (Wildman–Crippen LogP) is 1.20. The fourth-order valence-electron chi connectivity index (χ4n) is 0.207. The van der Waals surface area contributed by atoms with Crippen LogP contribution < -0.4 is 0 Å². The topological polar surface area (TPSA) is 26.3 Å². The van der Waals surface area contributed by atoms with Gasteiger partial charge in [0.2, 0.25) is 0 Å². The molecule has 0 aromatic carbocycles. The van der Waals surface area contributed by atoms with Crippen LogP contribution >= 0.6 is 0 Å². The van der Waals surface area contributed by atoms with Crippen molar-refractivity contribution in [3.8, 4) is 0 Å². The largest absolute Gasteiger partial charge is 0.424 e. The van der Waals surface area contributed by atoms with E-state index in [1.165, 1.54) is 0 Å². The van der Waals surface area contributed by atoms with Crippen LogP contribution in [0.2, 0.25) is 0 Å². The van der Waals surface area contributed by atoms with Crippen molar-refractivity contribution in [1.29, 1.82) is 0 Å². The Morgan fingerprint density at radius 1 is 1.67 bits per heavy atom. The van der Waals surface area contributed by atoms with Crippen LogP contribution in [0.5, 0.6) is 0 Å². The second kappa shape index (κ2) is 3.83. The highest BCUT2D eigenvalue weighted by atomic mass is 19.1. The van der Waals surface area contributed by atoms with Crippen LogP contribution in [0.3, 0.4) is 0 Å². The third kappa shape index (κ3) is 3.46. The average molecular weight is 130 g/mol. The summed E-state index contributed by atoms with van der Waals surface area (Å²) in [6, 6.07) is 0. The van der Waals surface area contributed by atoms with Crippen LogP contribution in [-0.4, -0.2) is 12.3 Å². The van der Waals surface area contributed by atoms with E-state index in [-0.39, 0.29) is 0 Å². The molecule has 0 fully saturated rings. The van der Waals surface area contributed by atoms with Gasteiger partial charge in [0.25, 0.3) is 6.36 Å². The Bertz CT molecular complexity index is 131. The molecule has 1 unspecified atom stereocenters. The van der Waals surface area contributed by atoms with Gasteiger partial charge in [-0.2, -0.15) is 4.39 Å². The molecule has 0 aromatic rings. The molecule has 0 aliphatic heterocycles. The van der Waals surface area contributed by atoms with Crippen molar-refractivity contribution < 1.29 is 13.9 Å². The summed E-state index contributed by atoms with van der Waals surface area (Å²) in [5.74, 6) is -0.789. The lowest BCUT2D eigenvalue weighted by atomic mass is 10.6. The van der Waals surface area contributed by atoms with E-state index >= 15 is 0 Å². The van der Waals surface area contributed by atoms with Crippen molar-refractivity contribution in [1.82, 2.24) is 0 Å². The maximum absolute atomic E-state index is 12.0. The van der Waals surface area contributed by atoms with Crippen molar-refractivity contribution in [2.45, 2.75) is 6.36 Å². The minimum absolute atomic E-state index is 0.789. The van der Waals surface area contributed by atoms with Gasteiger partial charge in [0.1, 0.15) is 0 Å². The molecule has 9 heavy (non-hydrogen) atoms. The van der Waals surface area contributed by atoms with Gasteiger partial charge >= 0.3 is 5.97 Å². The molecule has 0 aromatic heterocycles. The van der Waals surface area contributed by atoms with Crippen LogP contribution in [-0.2, 0) is 9.53 Å². The quantitative estimate of drug-likeness (QED) is 0.326. The van der Waals surface area contributed by atoms with E-state index in [2.05, 4.69) is 17.9 Å². The van der Waals surface area contributed by atoms with Gasteiger partial charge in [0.05, 0.1) is 0 Å². The van der Waals surface area contributed by atoms with Crippen molar-refractivity contribution in [3.63, 3.8) is 0 Å². The Morgan fingerprint density at radius 2 is 2.22 bits per heavy atom. The summed E-state index contributed by atoms with van der Waals surface area (Å²) < 4.78 is 16.0. The van der Waals surface area contributed by atoms with Crippen molar-refractivity contribution in [2.75, 3.05) is 0 Å². The first-order valence-corrected chi connectivity index (χ1v) is 2.30. The fraction of sp³-hybridized carbons (Fsp3) is 0.167. The maximum atomic E-state index is 12.0. The Morgan fingerprint density at radius 3 is 2.56 bits per heavy atom. The minimum Gasteiger partial charge on any atom is -0.424 e. The molecule has 0 N–H and O–H groups in total. The van der Waals surface area contributed by atoms with Crippen LogP contribution in [0.4, 0.5) is 4.39 Å². The summed E-state index contributed by atoms with van der Waals surface area (Å²) in [5.41, 5.74) is 0. The molecule has 0 aliphatic rings. The molecule has 0 aliphatic carbocycles. The van der Waals surface area contributed by atoms with Gasteiger partial charge in [-0.15, -0.1) is 0 Å². The number of ether oxygens (including phenoxy) is 1. The standard InChI is InChI=1S/C6H7FO2/c1-3-5(7)9-6(8)4-2/h3-5H,1-2H2. The third-order valence-electron chi connectivity index (χ3n) is 0.581. The Hall–Kier alpha value is -1.12. The molecule has 0 saturated heterocycles. The molecule has 1 atom stereocenters. The predicted molar refractivity (Wildman–Crippen MR) is 31.4 cm³/mol. The van der Waals surface area contributed by atoms with Crippen molar-refractivity contribution in [2.24, 2.45) is 0 Å². The summed E-state index contributed by atoms with van der Waals surface area (Å²) in [4.78, 5) is 10.2. The zero-order chi connectivity index (χ0) is 7.28. The highest BCUT2D eigenvalue weighted by Gasteiger charge is 2.02. The molecule has 2 nitrogen and oxygen atoms in total. The Balaban J connectivity index is 3.58. The van der Waals surface area contributed by atoms with E-state index in [1.54, 1.807) is 0 Å². The van der Waals surface area contributed by atoms with Gasteiger partial charge in [-0.1, -0.05) is 13.2 Å². The SMILES string of the molecule is C=CC(=O)OC(F)C=C. The van der Waals surface area contributed by atoms with Crippen LogP contribution in [0.25, 0.3) is 0 Å². The molecule has 0 rings (SSSR count). The van der Waals surface area contributed by atoms with Crippen molar-refractivity contribution >= 4 is 5.97 Å². The lowest BCUT2D eigenvalue weighted by molar-refractivity contribution is -0.147. The monoisotopic (exact) mass is 130 g/mol. The first-order valence-electron chi connectivity index (χ1n) is 2.30. The van der Waals surface area contributed by atoms with Crippen molar-refractivity contribution in [3.05, 3.63) is 25.3 Å². The molecule has 0 bridgehead atoms. The van der Waals surface area contributed by atoms with Gasteiger partial charge < -0.3 is 4.74 Å². The molecular weight excluding hydrogens is 123 g/mol. The molecule has 0 amide bonds. The number of halogens is 1. The van der Waals surface area contributed by atoms with E-state index in [0.717, 1.165) is 12.2 Å². The Kier molecular flexibility index (Phi) is 3.35.